The quantitative estimate of drug-likeness (QED) is 0.574. The minimum atomic E-state index is -0.0197. The maximum absolute atomic E-state index is 11.6. The highest BCUT2D eigenvalue weighted by Crippen LogP contribution is 2.31. The van der Waals surface area contributed by atoms with E-state index >= 15 is 0 Å². The zero-order chi connectivity index (χ0) is 12.7. The maximum Gasteiger partial charge on any atom is 0.306 e. The van der Waals surface area contributed by atoms with Crippen LogP contribution in [0.15, 0.2) is 0 Å². The maximum atomic E-state index is 11.6. The summed E-state index contributed by atoms with van der Waals surface area (Å²) in [4.78, 5) is 11.6. The Hall–Kier alpha value is -0.570. The number of hydrogen-bond acceptors (Lipinski definition) is 3. The number of carbonyl (C=O) groups is 1. The number of nitrogens with two attached hydrogens (primary N) is 1. The Bertz CT molecular complexity index is 230. The number of rotatable bonds is 6. The molecule has 0 spiro atoms. The molecule has 1 rings (SSSR count). The Labute approximate surface area is 105 Å². The summed E-state index contributed by atoms with van der Waals surface area (Å²) in [6, 6.07) is 0. The first-order valence-corrected chi connectivity index (χ1v) is 7.03. The van der Waals surface area contributed by atoms with Crippen molar-refractivity contribution in [2.24, 2.45) is 17.6 Å². The van der Waals surface area contributed by atoms with Crippen LogP contribution < -0.4 is 5.73 Å². The first-order valence-electron chi connectivity index (χ1n) is 7.03. The summed E-state index contributed by atoms with van der Waals surface area (Å²) >= 11 is 0. The van der Waals surface area contributed by atoms with Gasteiger partial charge in [0.05, 0.1) is 0 Å². The van der Waals surface area contributed by atoms with Gasteiger partial charge < -0.3 is 10.5 Å². The fraction of sp³-hybridized carbons (Fsp3) is 0.929. The van der Waals surface area contributed by atoms with Gasteiger partial charge in [0, 0.05) is 6.42 Å². The molecule has 3 heteroatoms. The largest absolute Gasteiger partial charge is 0.462 e. The van der Waals surface area contributed by atoms with Crippen LogP contribution in [0.5, 0.6) is 0 Å². The average Bonchev–Trinajstić information content (AvgIpc) is 2.30. The van der Waals surface area contributed by atoms with Gasteiger partial charge in [-0.3, -0.25) is 4.79 Å². The van der Waals surface area contributed by atoms with Crippen LogP contribution in [0.1, 0.15) is 58.8 Å². The average molecular weight is 241 g/mol. The fourth-order valence-corrected chi connectivity index (χ4v) is 2.44. The van der Waals surface area contributed by atoms with E-state index in [1.165, 1.54) is 6.42 Å². The smallest absolute Gasteiger partial charge is 0.306 e. The van der Waals surface area contributed by atoms with Gasteiger partial charge in [0.1, 0.15) is 6.10 Å². The highest BCUT2D eigenvalue weighted by atomic mass is 16.5. The molecule has 3 nitrogen and oxygen atoms in total. The summed E-state index contributed by atoms with van der Waals surface area (Å²) < 4.78 is 5.52. The van der Waals surface area contributed by atoms with Crippen molar-refractivity contribution in [3.63, 3.8) is 0 Å². The zero-order valence-electron chi connectivity index (χ0n) is 11.3. The molecular weight excluding hydrogens is 214 g/mol. The Morgan fingerprint density at radius 2 is 1.94 bits per heavy atom. The predicted octanol–water partition coefficient (Wildman–Crippen LogP) is 2.87. The monoisotopic (exact) mass is 241 g/mol. The number of ether oxygens (including phenoxy) is 1. The second-order valence-corrected chi connectivity index (χ2v) is 5.48. The van der Waals surface area contributed by atoms with Crippen LogP contribution >= 0.6 is 0 Å². The van der Waals surface area contributed by atoms with Crippen LogP contribution in [0.3, 0.4) is 0 Å². The van der Waals surface area contributed by atoms with Crippen molar-refractivity contribution < 1.29 is 9.53 Å². The molecule has 0 aromatic heterocycles. The lowest BCUT2D eigenvalue weighted by Crippen LogP contribution is -2.28. The van der Waals surface area contributed by atoms with Gasteiger partial charge in [-0.1, -0.05) is 20.3 Å². The van der Waals surface area contributed by atoms with Crippen molar-refractivity contribution in [1.29, 1.82) is 0 Å². The Balaban J connectivity index is 2.14. The molecule has 3 unspecified atom stereocenters. The molecule has 3 atom stereocenters. The summed E-state index contributed by atoms with van der Waals surface area (Å²) in [5, 5.41) is 0. The Morgan fingerprint density at radius 3 is 2.59 bits per heavy atom. The summed E-state index contributed by atoms with van der Waals surface area (Å²) in [7, 11) is 0. The predicted molar refractivity (Wildman–Crippen MR) is 69.6 cm³/mol. The van der Waals surface area contributed by atoms with E-state index in [1.54, 1.807) is 0 Å². The molecule has 1 aliphatic carbocycles. The van der Waals surface area contributed by atoms with E-state index in [2.05, 4.69) is 13.8 Å². The molecule has 0 aromatic carbocycles. The van der Waals surface area contributed by atoms with Gasteiger partial charge in [-0.15, -0.1) is 0 Å². The van der Waals surface area contributed by atoms with Gasteiger partial charge >= 0.3 is 5.97 Å². The van der Waals surface area contributed by atoms with Gasteiger partial charge in [-0.25, -0.2) is 0 Å². The van der Waals surface area contributed by atoms with E-state index in [9.17, 15) is 4.79 Å². The number of hydrogen-bond donors (Lipinski definition) is 1. The van der Waals surface area contributed by atoms with E-state index in [-0.39, 0.29) is 12.1 Å². The van der Waals surface area contributed by atoms with Crippen LogP contribution in [0, 0.1) is 11.8 Å². The van der Waals surface area contributed by atoms with Crippen molar-refractivity contribution >= 4 is 5.97 Å². The number of esters is 1. The fourth-order valence-electron chi connectivity index (χ4n) is 2.44. The van der Waals surface area contributed by atoms with Gasteiger partial charge in [0.2, 0.25) is 0 Å². The van der Waals surface area contributed by atoms with Crippen molar-refractivity contribution in [3.05, 3.63) is 0 Å². The number of carbonyl (C=O) groups excluding carboxylic acids is 1. The molecule has 100 valence electrons. The normalized spacial score (nSPS) is 29.0. The lowest BCUT2D eigenvalue weighted by atomic mass is 9.80. The van der Waals surface area contributed by atoms with E-state index in [4.69, 9.17) is 10.5 Å². The Morgan fingerprint density at radius 1 is 1.18 bits per heavy atom. The molecule has 0 heterocycles. The molecule has 1 saturated carbocycles. The summed E-state index contributed by atoms with van der Waals surface area (Å²) in [6.45, 7) is 5.26. The second kappa shape index (κ2) is 7.70. The molecule has 0 amide bonds. The van der Waals surface area contributed by atoms with Crippen molar-refractivity contribution in [3.8, 4) is 0 Å². The van der Waals surface area contributed by atoms with Crippen LogP contribution in [-0.2, 0) is 9.53 Å². The molecule has 0 radical (unpaired) electrons. The zero-order valence-corrected chi connectivity index (χ0v) is 11.3. The van der Waals surface area contributed by atoms with E-state index < -0.39 is 0 Å². The summed E-state index contributed by atoms with van der Waals surface area (Å²) in [5.74, 6) is 1.43. The minimum absolute atomic E-state index is 0.0197. The molecule has 1 aliphatic rings. The molecule has 1 fully saturated rings. The van der Waals surface area contributed by atoms with Crippen LogP contribution in [0.2, 0.25) is 0 Å². The third-order valence-electron chi connectivity index (χ3n) is 3.93. The first-order chi connectivity index (χ1) is 8.13. The van der Waals surface area contributed by atoms with E-state index in [1.807, 2.05) is 0 Å². The van der Waals surface area contributed by atoms with Gasteiger partial charge in [-0.2, -0.15) is 0 Å². The molecule has 0 aromatic rings. The molecule has 2 N–H and O–H groups in total. The highest BCUT2D eigenvalue weighted by molar-refractivity contribution is 5.69. The van der Waals surface area contributed by atoms with Crippen LogP contribution in [0.4, 0.5) is 0 Å². The van der Waals surface area contributed by atoms with Gasteiger partial charge in [-0.05, 0) is 50.5 Å². The van der Waals surface area contributed by atoms with E-state index in [0.29, 0.717) is 18.9 Å². The van der Waals surface area contributed by atoms with Crippen molar-refractivity contribution in [2.45, 2.75) is 64.9 Å². The standard InChI is InChI=1S/C14H27NO2/c1-11-7-8-13(10-12(11)2)17-14(16)6-4-3-5-9-15/h11-13H,3-10,15H2,1-2H3. The highest BCUT2D eigenvalue weighted by Gasteiger charge is 2.26. The van der Waals surface area contributed by atoms with Gasteiger partial charge in [0.25, 0.3) is 0 Å². The first kappa shape index (κ1) is 14.5. The summed E-state index contributed by atoms with van der Waals surface area (Å²) in [6.07, 6.45) is 6.94. The lowest BCUT2D eigenvalue weighted by Gasteiger charge is -2.31. The SMILES string of the molecule is CC1CCC(OC(=O)CCCCCN)CC1C. The topological polar surface area (TPSA) is 52.3 Å². The van der Waals surface area contributed by atoms with Crippen molar-refractivity contribution in [2.75, 3.05) is 6.54 Å². The third-order valence-corrected chi connectivity index (χ3v) is 3.93. The van der Waals surface area contributed by atoms with Gasteiger partial charge in [0.15, 0.2) is 0 Å². The second-order valence-electron chi connectivity index (χ2n) is 5.48. The van der Waals surface area contributed by atoms with E-state index in [0.717, 1.165) is 38.0 Å². The molecular formula is C14H27NO2. The third kappa shape index (κ3) is 5.53. The Kier molecular flexibility index (Phi) is 6.56. The number of unbranched alkanes of at least 4 members (excludes halogenated alkanes) is 2. The molecule has 0 saturated heterocycles. The van der Waals surface area contributed by atoms with Crippen LogP contribution in [-0.4, -0.2) is 18.6 Å². The van der Waals surface area contributed by atoms with Crippen molar-refractivity contribution in [1.82, 2.24) is 0 Å². The summed E-state index contributed by atoms with van der Waals surface area (Å²) in [5.41, 5.74) is 5.41. The van der Waals surface area contributed by atoms with Crippen LogP contribution in [0.25, 0.3) is 0 Å². The lowest BCUT2D eigenvalue weighted by molar-refractivity contribution is -0.151. The molecule has 0 bridgehead atoms. The molecule has 0 aliphatic heterocycles. The minimum Gasteiger partial charge on any atom is -0.462 e. The molecule has 17 heavy (non-hydrogen) atoms.